The lowest BCUT2D eigenvalue weighted by atomic mass is 9.67. The van der Waals surface area contributed by atoms with Crippen molar-refractivity contribution in [1.29, 1.82) is 0 Å². The minimum atomic E-state index is 0.325. The molecule has 0 saturated carbocycles. The summed E-state index contributed by atoms with van der Waals surface area (Å²) in [6, 6.07) is 17.2. The Bertz CT molecular complexity index is 809. The van der Waals surface area contributed by atoms with Crippen molar-refractivity contribution in [1.82, 2.24) is 9.80 Å². The summed E-state index contributed by atoms with van der Waals surface area (Å²) in [4.78, 5) is 14.3. The van der Waals surface area contributed by atoms with E-state index in [0.717, 1.165) is 24.1 Å². The van der Waals surface area contributed by atoms with Gasteiger partial charge in [0, 0.05) is 19.6 Å². The molecule has 3 rings (SSSR count). The molecule has 1 saturated heterocycles. The third-order valence-corrected chi connectivity index (χ3v) is 6.78. The molecule has 0 aromatic heterocycles. The molecule has 0 bridgehead atoms. The summed E-state index contributed by atoms with van der Waals surface area (Å²) in [5, 5.41) is 0. The highest BCUT2D eigenvalue weighted by Crippen LogP contribution is 2.43. The SMILES string of the molecule is CC.CCc1ccc(OC)cc1[C@]1(CC)CCN(C)C(C)C1.CN(C=O)Cc1ccccc1. The average molecular weight is 455 g/mol. The molecule has 1 aliphatic heterocycles. The Morgan fingerprint density at radius 3 is 2.33 bits per heavy atom. The average Bonchev–Trinajstić information content (AvgIpc) is 2.87. The molecule has 4 nitrogen and oxygen atoms in total. The molecule has 184 valence electrons. The third kappa shape index (κ3) is 8.19. The predicted molar refractivity (Wildman–Crippen MR) is 141 cm³/mol. The fraction of sp³-hybridized carbons (Fsp3) is 0.552. The number of carbonyl (C=O) groups is 1. The first-order valence-electron chi connectivity index (χ1n) is 12.5. The highest BCUT2D eigenvalue weighted by Gasteiger charge is 2.38. The van der Waals surface area contributed by atoms with Crippen molar-refractivity contribution in [3.05, 3.63) is 65.2 Å². The lowest BCUT2D eigenvalue weighted by Gasteiger charge is -2.45. The molecule has 0 spiro atoms. The number of likely N-dealkylation sites (tertiary alicyclic amines) is 1. The van der Waals surface area contributed by atoms with Crippen LogP contribution in [0.3, 0.4) is 0 Å². The first-order chi connectivity index (χ1) is 15.9. The summed E-state index contributed by atoms with van der Waals surface area (Å²) in [5.41, 5.74) is 4.50. The van der Waals surface area contributed by atoms with Crippen molar-refractivity contribution >= 4 is 6.41 Å². The molecule has 1 heterocycles. The van der Waals surface area contributed by atoms with Crippen LogP contribution in [0.5, 0.6) is 5.75 Å². The van der Waals surface area contributed by atoms with E-state index < -0.39 is 0 Å². The summed E-state index contributed by atoms with van der Waals surface area (Å²) in [7, 11) is 5.77. The van der Waals surface area contributed by atoms with E-state index in [9.17, 15) is 4.79 Å². The minimum Gasteiger partial charge on any atom is -0.497 e. The molecular weight excluding hydrogens is 408 g/mol. The molecule has 1 fully saturated rings. The normalized spacial score (nSPS) is 19.9. The molecule has 1 unspecified atom stereocenters. The van der Waals surface area contributed by atoms with E-state index >= 15 is 0 Å². The lowest BCUT2D eigenvalue weighted by Crippen LogP contribution is -2.46. The number of benzene rings is 2. The zero-order valence-corrected chi connectivity index (χ0v) is 22.2. The molecular formula is C29H46N2O2. The topological polar surface area (TPSA) is 32.8 Å². The van der Waals surface area contributed by atoms with Gasteiger partial charge in [-0.25, -0.2) is 0 Å². The molecule has 0 N–H and O–H groups in total. The maximum Gasteiger partial charge on any atom is 0.209 e. The van der Waals surface area contributed by atoms with Gasteiger partial charge in [-0.2, -0.15) is 0 Å². The molecule has 1 aliphatic rings. The summed E-state index contributed by atoms with van der Waals surface area (Å²) >= 11 is 0. The number of methoxy groups -OCH3 is 1. The van der Waals surface area contributed by atoms with Crippen LogP contribution >= 0.6 is 0 Å². The van der Waals surface area contributed by atoms with Crippen molar-refractivity contribution < 1.29 is 9.53 Å². The van der Waals surface area contributed by atoms with E-state index in [1.54, 1.807) is 19.1 Å². The van der Waals surface area contributed by atoms with Crippen LogP contribution in [-0.4, -0.2) is 50.0 Å². The number of hydrogen-bond donors (Lipinski definition) is 0. The second kappa shape index (κ2) is 14.7. The largest absolute Gasteiger partial charge is 0.497 e. The number of piperidine rings is 1. The number of amides is 1. The second-order valence-corrected chi connectivity index (χ2v) is 8.80. The van der Waals surface area contributed by atoms with Crippen LogP contribution in [0.25, 0.3) is 0 Å². The molecule has 2 aromatic carbocycles. The fourth-order valence-electron chi connectivity index (χ4n) is 4.58. The Morgan fingerprint density at radius 1 is 1.15 bits per heavy atom. The first kappa shape index (κ1) is 28.7. The summed E-state index contributed by atoms with van der Waals surface area (Å²) in [5.74, 6) is 0.997. The maximum atomic E-state index is 10.2. The summed E-state index contributed by atoms with van der Waals surface area (Å²) in [6.45, 7) is 12.8. The Balaban J connectivity index is 0.000000354. The van der Waals surface area contributed by atoms with E-state index in [0.29, 0.717) is 18.0 Å². The van der Waals surface area contributed by atoms with Gasteiger partial charge in [-0.15, -0.1) is 0 Å². The van der Waals surface area contributed by atoms with Gasteiger partial charge in [0.1, 0.15) is 5.75 Å². The lowest BCUT2D eigenvalue weighted by molar-refractivity contribution is -0.117. The third-order valence-electron chi connectivity index (χ3n) is 6.78. The zero-order chi connectivity index (χ0) is 24.9. The number of rotatable bonds is 7. The van der Waals surface area contributed by atoms with Crippen LogP contribution in [0.15, 0.2) is 48.5 Å². The van der Waals surface area contributed by atoms with Gasteiger partial charge in [0.2, 0.25) is 6.41 Å². The number of nitrogens with zero attached hydrogens (tertiary/aromatic N) is 2. The Morgan fingerprint density at radius 2 is 1.82 bits per heavy atom. The van der Waals surface area contributed by atoms with Crippen LogP contribution < -0.4 is 4.74 Å². The summed E-state index contributed by atoms with van der Waals surface area (Å²) < 4.78 is 5.47. The molecule has 2 aromatic rings. The van der Waals surface area contributed by atoms with Crippen molar-refractivity contribution in [3.63, 3.8) is 0 Å². The summed E-state index contributed by atoms with van der Waals surface area (Å²) in [6.07, 6.45) is 5.65. The number of carbonyl (C=O) groups excluding carboxylic acids is 1. The van der Waals surface area contributed by atoms with Crippen LogP contribution in [0, 0.1) is 0 Å². The first-order valence-corrected chi connectivity index (χ1v) is 12.5. The maximum absolute atomic E-state index is 10.2. The van der Waals surface area contributed by atoms with Crippen LogP contribution in [0.4, 0.5) is 0 Å². The number of hydrogen-bond acceptors (Lipinski definition) is 3. The Hall–Kier alpha value is -2.33. The monoisotopic (exact) mass is 454 g/mol. The smallest absolute Gasteiger partial charge is 0.209 e. The van der Waals surface area contributed by atoms with Crippen molar-refractivity contribution in [3.8, 4) is 5.75 Å². The van der Waals surface area contributed by atoms with Gasteiger partial charge in [-0.1, -0.05) is 64.1 Å². The molecule has 1 amide bonds. The van der Waals surface area contributed by atoms with Gasteiger partial charge in [-0.05, 0) is 80.4 Å². The van der Waals surface area contributed by atoms with Gasteiger partial charge >= 0.3 is 0 Å². The van der Waals surface area contributed by atoms with Gasteiger partial charge < -0.3 is 14.5 Å². The van der Waals surface area contributed by atoms with E-state index in [1.807, 2.05) is 44.2 Å². The quantitative estimate of drug-likeness (QED) is 0.459. The van der Waals surface area contributed by atoms with Crippen molar-refractivity contribution in [2.45, 2.75) is 78.3 Å². The zero-order valence-electron chi connectivity index (χ0n) is 22.2. The van der Waals surface area contributed by atoms with Crippen molar-refractivity contribution in [2.24, 2.45) is 0 Å². The second-order valence-electron chi connectivity index (χ2n) is 8.80. The number of aryl methyl sites for hydroxylation is 1. The Labute approximate surface area is 202 Å². The van der Waals surface area contributed by atoms with E-state index in [4.69, 9.17) is 4.74 Å². The minimum absolute atomic E-state index is 0.325. The van der Waals surface area contributed by atoms with Crippen LogP contribution in [0.1, 0.15) is 70.6 Å². The highest BCUT2D eigenvalue weighted by atomic mass is 16.5. The van der Waals surface area contributed by atoms with Crippen molar-refractivity contribution in [2.75, 3.05) is 27.7 Å². The van der Waals surface area contributed by atoms with Gasteiger partial charge in [-0.3, -0.25) is 4.79 Å². The Kier molecular flexibility index (Phi) is 12.8. The fourth-order valence-corrected chi connectivity index (χ4v) is 4.58. The number of ether oxygens (including phenoxy) is 1. The van der Waals surface area contributed by atoms with Crippen LogP contribution in [0.2, 0.25) is 0 Å². The molecule has 0 radical (unpaired) electrons. The molecule has 4 heteroatoms. The van der Waals surface area contributed by atoms with E-state index in [1.165, 1.54) is 36.9 Å². The molecule has 0 aliphatic carbocycles. The predicted octanol–water partition coefficient (Wildman–Crippen LogP) is 6.32. The van der Waals surface area contributed by atoms with E-state index in [-0.39, 0.29) is 0 Å². The van der Waals surface area contributed by atoms with Gasteiger partial charge in [0.05, 0.1) is 7.11 Å². The highest BCUT2D eigenvalue weighted by molar-refractivity contribution is 5.46. The molecule has 33 heavy (non-hydrogen) atoms. The molecule has 2 atom stereocenters. The van der Waals surface area contributed by atoms with Gasteiger partial charge in [0.25, 0.3) is 0 Å². The standard InChI is InChI=1S/C18H29NO.C9H11NO.C2H6/c1-6-15-8-9-16(20-5)12-17(15)18(7-2)10-11-19(4)14(3)13-18;1-10(8-11)7-9-5-3-2-4-6-9;1-2/h8-9,12,14H,6-7,10-11,13H2,1-5H3;2-6,8H,7H2,1H3;1-2H3/t14?,18-;;/m1../s1. The van der Waals surface area contributed by atoms with Gasteiger partial charge in [0.15, 0.2) is 0 Å². The van der Waals surface area contributed by atoms with Crippen LogP contribution in [-0.2, 0) is 23.2 Å². The van der Waals surface area contributed by atoms with E-state index in [2.05, 4.69) is 50.9 Å².